The highest BCUT2D eigenvalue weighted by atomic mass is 16.5. The lowest BCUT2D eigenvalue weighted by atomic mass is 9.53. The summed E-state index contributed by atoms with van der Waals surface area (Å²) in [5.74, 6) is 3.06. The van der Waals surface area contributed by atoms with E-state index in [2.05, 4.69) is 38.6 Å². The van der Waals surface area contributed by atoms with Gasteiger partial charge >= 0.3 is 0 Å². The minimum absolute atomic E-state index is 0.107. The highest BCUT2D eigenvalue weighted by Gasteiger charge is 2.59. The van der Waals surface area contributed by atoms with Gasteiger partial charge in [-0.25, -0.2) is 0 Å². The first-order valence-corrected chi connectivity index (χ1v) is 9.94. The summed E-state index contributed by atoms with van der Waals surface area (Å²) in [6, 6.07) is 6.71. The summed E-state index contributed by atoms with van der Waals surface area (Å²) in [7, 11) is 0. The molecule has 0 saturated heterocycles. The number of benzene rings is 1. The van der Waals surface area contributed by atoms with Crippen molar-refractivity contribution in [2.24, 2.45) is 17.3 Å². The maximum atomic E-state index is 11.0. The quantitative estimate of drug-likeness (QED) is 0.762. The molecule has 1 N–H and O–H groups in total. The molecule has 3 aliphatic carbocycles. The van der Waals surface area contributed by atoms with E-state index in [0.717, 1.165) is 36.5 Å². The van der Waals surface area contributed by atoms with Crippen molar-refractivity contribution in [1.29, 1.82) is 0 Å². The average Bonchev–Trinajstić information content (AvgIpc) is 2.82. The Labute approximate surface area is 152 Å². The van der Waals surface area contributed by atoms with Crippen molar-refractivity contribution in [3.05, 3.63) is 41.5 Å². The van der Waals surface area contributed by atoms with Crippen LogP contribution in [0.2, 0.25) is 0 Å². The number of hydrogen-bond donors (Lipinski definition) is 1. The maximum absolute atomic E-state index is 11.0. The lowest BCUT2D eigenvalue weighted by molar-refractivity contribution is -0.0901. The van der Waals surface area contributed by atoms with Crippen LogP contribution in [0.5, 0.6) is 5.75 Å². The van der Waals surface area contributed by atoms with Crippen LogP contribution in [0, 0.1) is 17.3 Å². The molecule has 25 heavy (non-hydrogen) atoms. The van der Waals surface area contributed by atoms with Crippen molar-refractivity contribution >= 4 is 0 Å². The Hall–Kier alpha value is -1.28. The molecule has 0 heterocycles. The normalized spacial score (nSPS) is 39.3. The van der Waals surface area contributed by atoms with E-state index in [1.165, 1.54) is 24.8 Å². The molecule has 5 unspecified atom stereocenters. The van der Waals surface area contributed by atoms with Crippen LogP contribution in [-0.4, -0.2) is 17.3 Å². The van der Waals surface area contributed by atoms with Gasteiger partial charge in [0, 0.05) is 0 Å². The van der Waals surface area contributed by atoms with E-state index in [-0.39, 0.29) is 5.41 Å². The van der Waals surface area contributed by atoms with Gasteiger partial charge in [0.05, 0.1) is 5.60 Å². The van der Waals surface area contributed by atoms with Gasteiger partial charge in [-0.05, 0) is 104 Å². The molecule has 4 rings (SSSR count). The fourth-order valence-electron chi connectivity index (χ4n) is 6.10. The standard InChI is InChI=1S/C23H32O2/c1-15(2)14-25-17-6-8-18-16(13-17)5-7-20-19(18)9-11-22(3)21(20)10-12-23(22,4)24/h6,8,13,19-21,24H,1,5,7,9-12,14H2,2-4H3. The molecule has 2 heteroatoms. The minimum atomic E-state index is -0.483. The number of rotatable bonds is 3. The molecule has 136 valence electrons. The first-order valence-electron chi connectivity index (χ1n) is 9.94. The first kappa shape index (κ1) is 17.1. The van der Waals surface area contributed by atoms with Gasteiger partial charge in [-0.15, -0.1) is 0 Å². The summed E-state index contributed by atoms with van der Waals surface area (Å²) in [5.41, 5.74) is 3.71. The van der Waals surface area contributed by atoms with Crippen molar-refractivity contribution in [3.8, 4) is 5.75 Å². The third kappa shape index (κ3) is 2.65. The Kier molecular flexibility index (Phi) is 4.03. The molecule has 1 aromatic carbocycles. The van der Waals surface area contributed by atoms with Crippen molar-refractivity contribution in [2.45, 2.75) is 70.8 Å². The van der Waals surface area contributed by atoms with Gasteiger partial charge in [-0.2, -0.15) is 0 Å². The lowest BCUT2D eigenvalue weighted by Crippen LogP contribution is -2.49. The van der Waals surface area contributed by atoms with Crippen molar-refractivity contribution in [1.82, 2.24) is 0 Å². The predicted molar refractivity (Wildman–Crippen MR) is 102 cm³/mol. The van der Waals surface area contributed by atoms with E-state index in [4.69, 9.17) is 4.74 Å². The SMILES string of the molecule is C=C(C)COc1ccc2c(c1)CCC1C2CCC2(C)C1CCC2(C)O. The van der Waals surface area contributed by atoms with Gasteiger partial charge in [0.2, 0.25) is 0 Å². The van der Waals surface area contributed by atoms with Gasteiger partial charge < -0.3 is 9.84 Å². The number of aryl methyl sites for hydroxylation is 1. The largest absolute Gasteiger partial charge is 0.489 e. The second-order valence-corrected chi connectivity index (χ2v) is 9.29. The molecular weight excluding hydrogens is 308 g/mol. The molecule has 0 spiro atoms. The first-order chi connectivity index (χ1) is 11.8. The Morgan fingerprint density at radius 2 is 2.04 bits per heavy atom. The zero-order valence-electron chi connectivity index (χ0n) is 16.0. The fraction of sp³-hybridized carbons (Fsp3) is 0.652. The summed E-state index contributed by atoms with van der Waals surface area (Å²) >= 11 is 0. The Morgan fingerprint density at radius 3 is 2.80 bits per heavy atom. The van der Waals surface area contributed by atoms with Crippen LogP contribution in [0.15, 0.2) is 30.4 Å². The molecule has 2 nitrogen and oxygen atoms in total. The minimum Gasteiger partial charge on any atom is -0.489 e. The van der Waals surface area contributed by atoms with Crippen LogP contribution in [0.1, 0.15) is 69.9 Å². The Bertz CT molecular complexity index is 689. The Morgan fingerprint density at radius 1 is 1.24 bits per heavy atom. The van der Waals surface area contributed by atoms with Crippen molar-refractivity contribution in [3.63, 3.8) is 0 Å². The van der Waals surface area contributed by atoms with Crippen LogP contribution in [0.25, 0.3) is 0 Å². The van der Waals surface area contributed by atoms with E-state index in [1.807, 2.05) is 6.92 Å². The van der Waals surface area contributed by atoms with Crippen LogP contribution >= 0.6 is 0 Å². The summed E-state index contributed by atoms with van der Waals surface area (Å²) in [4.78, 5) is 0. The van der Waals surface area contributed by atoms with E-state index in [1.54, 1.807) is 5.56 Å². The zero-order chi connectivity index (χ0) is 17.8. The third-order valence-corrected chi connectivity index (χ3v) is 7.75. The molecule has 2 saturated carbocycles. The number of aliphatic hydroxyl groups is 1. The van der Waals surface area contributed by atoms with Gasteiger partial charge in [0.25, 0.3) is 0 Å². The molecule has 1 aromatic rings. The molecule has 0 aromatic heterocycles. The maximum Gasteiger partial charge on any atom is 0.120 e. The summed E-state index contributed by atoms with van der Waals surface area (Å²) in [6.45, 7) is 10.9. The molecule has 5 atom stereocenters. The molecule has 0 radical (unpaired) electrons. The molecule has 2 fully saturated rings. The molecule has 0 aliphatic heterocycles. The lowest BCUT2D eigenvalue weighted by Gasteiger charge is -2.52. The van der Waals surface area contributed by atoms with E-state index >= 15 is 0 Å². The molecule has 3 aliphatic rings. The summed E-state index contributed by atoms with van der Waals surface area (Å²) < 4.78 is 5.85. The van der Waals surface area contributed by atoms with Gasteiger partial charge in [0.1, 0.15) is 12.4 Å². The molecular formula is C23H32O2. The fourth-order valence-corrected chi connectivity index (χ4v) is 6.10. The zero-order valence-corrected chi connectivity index (χ0v) is 16.0. The van der Waals surface area contributed by atoms with Crippen molar-refractivity contribution < 1.29 is 9.84 Å². The number of fused-ring (bicyclic) bond motifs is 5. The number of ether oxygens (including phenoxy) is 1. The van der Waals surface area contributed by atoms with Crippen LogP contribution in [0.3, 0.4) is 0 Å². The average molecular weight is 341 g/mol. The topological polar surface area (TPSA) is 29.5 Å². The third-order valence-electron chi connectivity index (χ3n) is 7.75. The van der Waals surface area contributed by atoms with Gasteiger partial charge in [-0.3, -0.25) is 0 Å². The predicted octanol–water partition coefficient (Wildman–Crippen LogP) is 5.25. The van der Waals surface area contributed by atoms with Crippen LogP contribution < -0.4 is 4.74 Å². The monoisotopic (exact) mass is 340 g/mol. The van der Waals surface area contributed by atoms with Gasteiger partial charge in [0.15, 0.2) is 0 Å². The summed E-state index contributed by atoms with van der Waals surface area (Å²) in [6.07, 6.45) is 6.94. The molecule has 0 amide bonds. The van der Waals surface area contributed by atoms with E-state index in [9.17, 15) is 5.11 Å². The van der Waals surface area contributed by atoms with E-state index < -0.39 is 5.60 Å². The Balaban J connectivity index is 1.59. The van der Waals surface area contributed by atoms with E-state index in [0.29, 0.717) is 18.4 Å². The second kappa shape index (κ2) is 5.87. The number of hydrogen-bond acceptors (Lipinski definition) is 2. The second-order valence-electron chi connectivity index (χ2n) is 9.29. The smallest absolute Gasteiger partial charge is 0.120 e. The van der Waals surface area contributed by atoms with Crippen molar-refractivity contribution in [2.75, 3.05) is 6.61 Å². The van der Waals surface area contributed by atoms with Crippen LogP contribution in [0.4, 0.5) is 0 Å². The van der Waals surface area contributed by atoms with Gasteiger partial charge in [-0.1, -0.05) is 19.6 Å². The highest BCUT2D eigenvalue weighted by molar-refractivity contribution is 5.41. The molecule has 0 bridgehead atoms. The summed E-state index contributed by atoms with van der Waals surface area (Å²) in [5, 5.41) is 11.0. The van der Waals surface area contributed by atoms with Crippen LogP contribution in [-0.2, 0) is 6.42 Å². The highest BCUT2D eigenvalue weighted by Crippen LogP contribution is 2.64.